The van der Waals surface area contributed by atoms with E-state index in [1.807, 2.05) is 19.9 Å². The molecule has 0 aromatic heterocycles. The highest BCUT2D eigenvalue weighted by Gasteiger charge is 2.07. The van der Waals surface area contributed by atoms with Crippen LogP contribution in [0.2, 0.25) is 5.02 Å². The molecule has 1 aromatic carbocycles. The molecule has 0 radical (unpaired) electrons. The minimum absolute atomic E-state index is 0.271. The summed E-state index contributed by atoms with van der Waals surface area (Å²) in [6.07, 6.45) is 1.90. The zero-order valence-corrected chi connectivity index (χ0v) is 12.4. The lowest BCUT2D eigenvalue weighted by atomic mass is 10.2. The Morgan fingerprint density at radius 2 is 2.18 bits per heavy atom. The summed E-state index contributed by atoms with van der Waals surface area (Å²) in [7, 11) is 0. The van der Waals surface area contributed by atoms with Crippen molar-refractivity contribution in [2.24, 2.45) is 0 Å². The second kappa shape index (κ2) is 7.02. The number of carbonyl (C=O) groups excluding carboxylic acids is 1. The van der Waals surface area contributed by atoms with Gasteiger partial charge in [-0.1, -0.05) is 34.5 Å². The molecule has 1 rings (SSSR count). The first-order valence-electron chi connectivity index (χ1n) is 5.64. The van der Waals surface area contributed by atoms with Gasteiger partial charge in [-0.25, -0.2) is 0 Å². The van der Waals surface area contributed by atoms with Gasteiger partial charge in [-0.15, -0.1) is 0 Å². The normalized spacial score (nSPS) is 10.4. The Morgan fingerprint density at radius 1 is 1.47 bits per heavy atom. The van der Waals surface area contributed by atoms with Crippen LogP contribution in [0.3, 0.4) is 0 Å². The minimum Gasteiger partial charge on any atom is -0.492 e. The zero-order chi connectivity index (χ0) is 12.8. The van der Waals surface area contributed by atoms with Crippen LogP contribution in [0.4, 0.5) is 0 Å². The maximum absolute atomic E-state index is 11.1. The largest absolute Gasteiger partial charge is 0.492 e. The van der Waals surface area contributed by atoms with Crippen LogP contribution in [0.15, 0.2) is 16.6 Å². The predicted molar refractivity (Wildman–Crippen MR) is 73.9 cm³/mol. The third-order valence-corrected chi connectivity index (χ3v) is 3.17. The Hall–Kier alpha value is -0.540. The number of ether oxygens (including phenoxy) is 1. The molecule has 0 amide bonds. The molecule has 94 valence electrons. The third kappa shape index (κ3) is 4.68. The maximum Gasteiger partial charge on any atom is 0.140 e. The van der Waals surface area contributed by atoms with Crippen LogP contribution in [-0.4, -0.2) is 12.4 Å². The molecular weight excluding hydrogens is 303 g/mol. The van der Waals surface area contributed by atoms with E-state index in [4.69, 9.17) is 16.3 Å². The number of rotatable bonds is 6. The first-order chi connectivity index (χ1) is 8.04. The topological polar surface area (TPSA) is 26.3 Å². The molecule has 1 aromatic rings. The van der Waals surface area contributed by atoms with E-state index in [0.29, 0.717) is 30.2 Å². The first kappa shape index (κ1) is 14.5. The molecule has 0 aliphatic heterocycles. The number of Topliss-reactive ketones (excluding diaryl/α,β-unsaturated/α-hetero) is 1. The molecule has 0 N–H and O–H groups in total. The van der Waals surface area contributed by atoms with Crippen LogP contribution < -0.4 is 4.74 Å². The van der Waals surface area contributed by atoms with Gasteiger partial charge in [0.25, 0.3) is 0 Å². The van der Waals surface area contributed by atoms with E-state index in [-0.39, 0.29) is 5.78 Å². The second-order valence-corrected chi connectivity index (χ2v) is 5.20. The summed E-state index contributed by atoms with van der Waals surface area (Å²) >= 11 is 9.45. The summed E-state index contributed by atoms with van der Waals surface area (Å²) in [6, 6.07) is 3.76. The highest BCUT2D eigenvalue weighted by molar-refractivity contribution is 9.10. The van der Waals surface area contributed by atoms with E-state index in [9.17, 15) is 4.79 Å². The summed E-state index contributed by atoms with van der Waals surface area (Å²) in [5.74, 6) is 0.978. The van der Waals surface area contributed by atoms with Crippen molar-refractivity contribution in [3.05, 3.63) is 27.2 Å². The third-order valence-electron chi connectivity index (χ3n) is 2.43. The summed E-state index contributed by atoms with van der Waals surface area (Å²) in [4.78, 5) is 11.1. The number of hydrogen-bond acceptors (Lipinski definition) is 2. The summed E-state index contributed by atoms with van der Waals surface area (Å²) in [5, 5.41) is 0.596. The highest BCUT2D eigenvalue weighted by atomic mass is 79.9. The van der Waals surface area contributed by atoms with Crippen LogP contribution in [0.1, 0.15) is 31.7 Å². The van der Waals surface area contributed by atoms with Gasteiger partial charge in [-0.05, 0) is 31.0 Å². The second-order valence-electron chi connectivity index (χ2n) is 3.88. The monoisotopic (exact) mass is 318 g/mol. The number of benzene rings is 1. The number of aryl methyl sites for hydroxylation is 1. The Labute approximate surface area is 115 Å². The molecule has 0 atom stereocenters. The Balaban J connectivity index is 2.50. The zero-order valence-electron chi connectivity index (χ0n) is 10.1. The molecule has 0 unspecified atom stereocenters. The molecular formula is C13H16BrClO2. The van der Waals surface area contributed by atoms with E-state index in [1.54, 1.807) is 6.07 Å². The lowest BCUT2D eigenvalue weighted by Gasteiger charge is -2.11. The standard InChI is InChI=1S/C13H16BrClO2/c1-3-11(16)5-4-6-17-13-9(2)7-10(14)8-12(13)15/h7-8H,3-6H2,1-2H3. The van der Waals surface area contributed by atoms with Crippen LogP contribution in [0.5, 0.6) is 5.75 Å². The molecule has 17 heavy (non-hydrogen) atoms. The van der Waals surface area contributed by atoms with Crippen LogP contribution in [0, 0.1) is 6.92 Å². The van der Waals surface area contributed by atoms with Crippen molar-refractivity contribution in [3.8, 4) is 5.75 Å². The predicted octanol–water partition coefficient (Wildman–Crippen LogP) is 4.55. The van der Waals surface area contributed by atoms with Crippen molar-refractivity contribution < 1.29 is 9.53 Å². The number of hydrogen-bond donors (Lipinski definition) is 0. The van der Waals surface area contributed by atoms with Gasteiger partial charge < -0.3 is 4.74 Å². The molecule has 0 aliphatic carbocycles. The Kier molecular flexibility index (Phi) is 6.00. The maximum atomic E-state index is 11.1. The van der Waals surface area contributed by atoms with E-state index < -0.39 is 0 Å². The Bertz CT molecular complexity index is 381. The van der Waals surface area contributed by atoms with Gasteiger partial charge in [0.05, 0.1) is 11.6 Å². The molecule has 2 nitrogen and oxygen atoms in total. The molecule has 0 fully saturated rings. The number of halogens is 2. The fourth-order valence-corrected chi connectivity index (χ4v) is 2.52. The van der Waals surface area contributed by atoms with Gasteiger partial charge >= 0.3 is 0 Å². The van der Waals surface area contributed by atoms with Gasteiger partial charge in [-0.3, -0.25) is 4.79 Å². The van der Waals surface area contributed by atoms with Crippen LogP contribution >= 0.6 is 27.5 Å². The van der Waals surface area contributed by atoms with Crippen molar-refractivity contribution >= 4 is 33.3 Å². The van der Waals surface area contributed by atoms with Crippen molar-refractivity contribution in [1.82, 2.24) is 0 Å². The first-order valence-corrected chi connectivity index (χ1v) is 6.81. The average Bonchev–Trinajstić information content (AvgIpc) is 2.26. The van der Waals surface area contributed by atoms with Crippen molar-refractivity contribution in [2.45, 2.75) is 33.1 Å². The van der Waals surface area contributed by atoms with E-state index in [0.717, 1.165) is 16.5 Å². The summed E-state index contributed by atoms with van der Waals surface area (Å²) in [5.41, 5.74) is 0.992. The van der Waals surface area contributed by atoms with Gasteiger partial charge in [0.15, 0.2) is 0 Å². The fraction of sp³-hybridized carbons (Fsp3) is 0.462. The molecule has 4 heteroatoms. The molecule has 0 aliphatic rings. The van der Waals surface area contributed by atoms with Gasteiger partial charge in [0.1, 0.15) is 11.5 Å². The molecule has 0 spiro atoms. The number of ketones is 1. The smallest absolute Gasteiger partial charge is 0.140 e. The van der Waals surface area contributed by atoms with E-state index in [2.05, 4.69) is 15.9 Å². The SMILES string of the molecule is CCC(=O)CCCOc1c(C)cc(Br)cc1Cl. The van der Waals surface area contributed by atoms with Crippen molar-refractivity contribution in [3.63, 3.8) is 0 Å². The quantitative estimate of drug-likeness (QED) is 0.719. The van der Waals surface area contributed by atoms with Crippen LogP contribution in [0.25, 0.3) is 0 Å². The molecule has 0 saturated heterocycles. The van der Waals surface area contributed by atoms with Gasteiger partial charge in [-0.2, -0.15) is 0 Å². The van der Waals surface area contributed by atoms with Crippen molar-refractivity contribution in [1.29, 1.82) is 0 Å². The van der Waals surface area contributed by atoms with Gasteiger partial charge in [0, 0.05) is 17.3 Å². The lowest BCUT2D eigenvalue weighted by molar-refractivity contribution is -0.118. The van der Waals surface area contributed by atoms with E-state index >= 15 is 0 Å². The van der Waals surface area contributed by atoms with Crippen molar-refractivity contribution in [2.75, 3.05) is 6.61 Å². The fourth-order valence-electron chi connectivity index (χ4n) is 1.49. The average molecular weight is 320 g/mol. The minimum atomic E-state index is 0.271. The summed E-state index contributed by atoms with van der Waals surface area (Å²) < 4.78 is 6.55. The molecule has 0 saturated carbocycles. The van der Waals surface area contributed by atoms with Gasteiger partial charge in [0.2, 0.25) is 0 Å². The van der Waals surface area contributed by atoms with E-state index in [1.165, 1.54) is 0 Å². The Morgan fingerprint density at radius 3 is 2.76 bits per heavy atom. The highest BCUT2D eigenvalue weighted by Crippen LogP contribution is 2.32. The molecule has 0 bridgehead atoms. The molecule has 0 heterocycles. The number of carbonyl (C=O) groups is 1. The lowest BCUT2D eigenvalue weighted by Crippen LogP contribution is -2.03. The summed E-state index contributed by atoms with van der Waals surface area (Å²) in [6.45, 7) is 4.34. The van der Waals surface area contributed by atoms with Crippen LogP contribution in [-0.2, 0) is 4.79 Å².